The van der Waals surface area contributed by atoms with Gasteiger partial charge in [-0.15, -0.1) is 0 Å². The molecule has 0 unspecified atom stereocenters. The van der Waals surface area contributed by atoms with E-state index in [4.69, 9.17) is 5.11 Å². The van der Waals surface area contributed by atoms with Crippen LogP contribution in [-0.4, -0.2) is 22.9 Å². The molecule has 2 rings (SSSR count). The molecule has 1 aromatic carbocycles. The van der Waals surface area contributed by atoms with E-state index in [0.29, 0.717) is 6.08 Å². The topological polar surface area (TPSA) is 76.0 Å². The van der Waals surface area contributed by atoms with Crippen LogP contribution in [0.2, 0.25) is 0 Å². The number of aliphatic carboxylic acids is 1. The number of hydrogen-bond acceptors (Lipinski definition) is 4. The molecule has 1 aromatic rings. The minimum atomic E-state index is -1.32. The van der Waals surface area contributed by atoms with Crippen LogP contribution < -0.4 is 0 Å². The van der Waals surface area contributed by atoms with Gasteiger partial charge in [-0.25, -0.2) is 19.0 Å². The van der Waals surface area contributed by atoms with E-state index in [1.165, 1.54) is 18.2 Å². The van der Waals surface area contributed by atoms with Crippen LogP contribution in [0.3, 0.4) is 0 Å². The second kappa shape index (κ2) is 4.17. The standard InChI is InChI=1S/C11H6FNO4/c12-7-4-2-1-3-6(7)10-13-8(5-9(14)15)11(16)17-10/h1-5H,(H,14,15)/b8-5+. The smallest absolute Gasteiger partial charge is 0.364 e. The van der Waals surface area contributed by atoms with Gasteiger partial charge in [0.2, 0.25) is 5.90 Å². The summed E-state index contributed by atoms with van der Waals surface area (Å²) in [4.78, 5) is 25.2. The van der Waals surface area contributed by atoms with Gasteiger partial charge in [-0.05, 0) is 12.1 Å². The summed E-state index contributed by atoms with van der Waals surface area (Å²) in [6.07, 6.45) is 0.607. The molecule has 0 aromatic heterocycles. The minimum absolute atomic E-state index is 0.00892. The number of halogens is 1. The van der Waals surface area contributed by atoms with Gasteiger partial charge in [0.25, 0.3) is 0 Å². The van der Waals surface area contributed by atoms with Crippen molar-refractivity contribution in [3.8, 4) is 0 Å². The van der Waals surface area contributed by atoms with Gasteiger partial charge in [-0.1, -0.05) is 12.1 Å². The molecule has 1 N–H and O–H groups in total. The molecule has 0 amide bonds. The highest BCUT2D eigenvalue weighted by Gasteiger charge is 2.26. The monoisotopic (exact) mass is 235 g/mol. The lowest BCUT2D eigenvalue weighted by Crippen LogP contribution is -2.07. The lowest BCUT2D eigenvalue weighted by molar-refractivity contribution is -0.133. The molecule has 0 aliphatic carbocycles. The Hall–Kier alpha value is -2.50. The van der Waals surface area contributed by atoms with Gasteiger partial charge in [0.1, 0.15) is 5.82 Å². The van der Waals surface area contributed by atoms with Gasteiger partial charge >= 0.3 is 11.9 Å². The maximum absolute atomic E-state index is 13.4. The minimum Gasteiger partial charge on any atom is -0.478 e. The highest BCUT2D eigenvalue weighted by molar-refractivity contribution is 6.12. The van der Waals surface area contributed by atoms with E-state index in [1.54, 1.807) is 6.07 Å². The van der Waals surface area contributed by atoms with Gasteiger partial charge in [-0.2, -0.15) is 0 Å². The van der Waals surface area contributed by atoms with Gasteiger partial charge in [-0.3, -0.25) is 0 Å². The number of benzene rings is 1. The third-order valence-electron chi connectivity index (χ3n) is 1.98. The first-order chi connectivity index (χ1) is 8.08. The lowest BCUT2D eigenvalue weighted by atomic mass is 10.2. The van der Waals surface area contributed by atoms with Crippen LogP contribution in [0.1, 0.15) is 5.56 Å². The molecule has 5 nitrogen and oxygen atoms in total. The molecule has 86 valence electrons. The van der Waals surface area contributed by atoms with Crippen molar-refractivity contribution in [2.45, 2.75) is 0 Å². The first-order valence-electron chi connectivity index (χ1n) is 4.58. The number of cyclic esters (lactones) is 1. The number of esters is 1. The normalized spacial score (nSPS) is 16.9. The summed E-state index contributed by atoms with van der Waals surface area (Å²) in [5.74, 6) is -3.07. The molecule has 0 atom stereocenters. The maximum atomic E-state index is 13.4. The number of carbonyl (C=O) groups is 2. The van der Waals surface area contributed by atoms with Crippen LogP contribution in [0.4, 0.5) is 4.39 Å². The number of carbonyl (C=O) groups excluding carboxylic acids is 1. The molecule has 1 heterocycles. The van der Waals surface area contributed by atoms with Crippen molar-refractivity contribution in [3.05, 3.63) is 47.4 Å². The van der Waals surface area contributed by atoms with Crippen molar-refractivity contribution < 1.29 is 23.8 Å². The van der Waals surface area contributed by atoms with Gasteiger partial charge in [0.15, 0.2) is 5.70 Å². The average Bonchev–Trinajstić information content (AvgIpc) is 2.60. The summed E-state index contributed by atoms with van der Waals surface area (Å²) in [7, 11) is 0. The fraction of sp³-hybridized carbons (Fsp3) is 0. The second-order valence-electron chi connectivity index (χ2n) is 3.15. The van der Waals surface area contributed by atoms with Crippen molar-refractivity contribution in [1.29, 1.82) is 0 Å². The second-order valence-corrected chi connectivity index (χ2v) is 3.15. The molecule has 1 aliphatic rings. The molecule has 0 spiro atoms. The lowest BCUT2D eigenvalue weighted by Gasteiger charge is -1.99. The largest absolute Gasteiger partial charge is 0.478 e. The first kappa shape index (κ1) is 11.0. The van der Waals surface area contributed by atoms with E-state index in [2.05, 4.69) is 9.73 Å². The SMILES string of the molecule is O=C(O)/C=C1/N=C(c2ccccc2F)OC1=O. The summed E-state index contributed by atoms with van der Waals surface area (Å²) >= 11 is 0. The summed E-state index contributed by atoms with van der Waals surface area (Å²) in [6.45, 7) is 0. The van der Waals surface area contributed by atoms with E-state index in [0.717, 1.165) is 0 Å². The van der Waals surface area contributed by atoms with Gasteiger partial charge in [0, 0.05) is 0 Å². The van der Waals surface area contributed by atoms with Crippen LogP contribution >= 0.6 is 0 Å². The van der Waals surface area contributed by atoms with E-state index >= 15 is 0 Å². The van der Waals surface area contributed by atoms with Gasteiger partial charge in [0.05, 0.1) is 11.6 Å². The van der Waals surface area contributed by atoms with Crippen LogP contribution in [0.25, 0.3) is 0 Å². The maximum Gasteiger partial charge on any atom is 0.364 e. The predicted molar refractivity (Wildman–Crippen MR) is 54.7 cm³/mol. The molecule has 0 bridgehead atoms. The fourth-order valence-corrected chi connectivity index (χ4v) is 1.28. The van der Waals surface area contributed by atoms with Crippen molar-refractivity contribution in [2.24, 2.45) is 4.99 Å². The Morgan fingerprint density at radius 1 is 1.41 bits per heavy atom. The predicted octanol–water partition coefficient (Wildman–Crippen LogP) is 1.10. The number of nitrogens with zero attached hydrogens (tertiary/aromatic N) is 1. The van der Waals surface area contributed by atoms with E-state index in [-0.39, 0.29) is 17.2 Å². The summed E-state index contributed by atoms with van der Waals surface area (Å²) in [5, 5.41) is 8.48. The zero-order valence-electron chi connectivity index (χ0n) is 8.38. The van der Waals surface area contributed by atoms with Crippen LogP contribution in [-0.2, 0) is 14.3 Å². The molecule has 17 heavy (non-hydrogen) atoms. The van der Waals surface area contributed by atoms with Crippen molar-refractivity contribution in [1.82, 2.24) is 0 Å². The van der Waals surface area contributed by atoms with Crippen molar-refractivity contribution >= 4 is 17.8 Å². The molecule has 6 heteroatoms. The zero-order valence-corrected chi connectivity index (χ0v) is 8.38. The van der Waals surface area contributed by atoms with E-state index < -0.39 is 17.8 Å². The zero-order chi connectivity index (χ0) is 12.4. The molecular formula is C11H6FNO4. The first-order valence-corrected chi connectivity index (χ1v) is 4.58. The Kier molecular flexibility index (Phi) is 2.70. The summed E-state index contributed by atoms with van der Waals surface area (Å²) < 4.78 is 18.0. The van der Waals surface area contributed by atoms with Gasteiger partial charge < -0.3 is 9.84 Å². The molecule has 0 fully saturated rings. The Balaban J connectivity index is 2.41. The number of carboxylic acid groups (broad SMARTS) is 1. The number of ether oxygens (including phenoxy) is 1. The number of aliphatic imine (C=N–C) groups is 1. The summed E-state index contributed by atoms with van der Waals surface area (Å²) in [5.41, 5.74) is -0.356. The highest BCUT2D eigenvalue weighted by Crippen LogP contribution is 2.18. The highest BCUT2D eigenvalue weighted by atomic mass is 19.1. The molecule has 0 saturated heterocycles. The number of carboxylic acids is 1. The Morgan fingerprint density at radius 3 is 2.76 bits per heavy atom. The Labute approximate surface area is 94.9 Å². The van der Waals surface area contributed by atoms with E-state index in [1.807, 2.05) is 0 Å². The van der Waals surface area contributed by atoms with Crippen LogP contribution in [0, 0.1) is 5.82 Å². The fourth-order valence-electron chi connectivity index (χ4n) is 1.28. The average molecular weight is 235 g/mol. The Bertz CT molecular complexity index is 562. The number of rotatable bonds is 2. The molecule has 0 saturated carbocycles. The summed E-state index contributed by atoms with van der Waals surface area (Å²) in [6, 6.07) is 5.59. The quantitative estimate of drug-likeness (QED) is 0.615. The molecule has 1 aliphatic heterocycles. The van der Waals surface area contributed by atoms with Crippen molar-refractivity contribution in [3.63, 3.8) is 0 Å². The third-order valence-corrected chi connectivity index (χ3v) is 1.98. The third kappa shape index (κ3) is 2.20. The van der Waals surface area contributed by atoms with Crippen molar-refractivity contribution in [2.75, 3.05) is 0 Å². The van der Waals surface area contributed by atoms with E-state index in [9.17, 15) is 14.0 Å². The van der Waals surface area contributed by atoms with Crippen LogP contribution in [0.5, 0.6) is 0 Å². The number of hydrogen-bond donors (Lipinski definition) is 1. The molecule has 0 radical (unpaired) electrons. The Morgan fingerprint density at radius 2 is 2.12 bits per heavy atom. The molecular weight excluding hydrogens is 229 g/mol. The van der Waals surface area contributed by atoms with Crippen LogP contribution in [0.15, 0.2) is 41.0 Å².